The number of carbonyl (C=O) groups is 1. The van der Waals surface area contributed by atoms with Crippen molar-refractivity contribution in [3.05, 3.63) is 28.8 Å². The maximum absolute atomic E-state index is 11.5. The van der Waals surface area contributed by atoms with Crippen molar-refractivity contribution < 1.29 is 47.5 Å². The molecule has 0 aliphatic carbocycles. The first kappa shape index (κ1) is 20.5. The molecule has 0 saturated heterocycles. The Bertz CT molecular complexity index is 532. The van der Waals surface area contributed by atoms with E-state index in [1.165, 1.54) is 6.92 Å². The monoisotopic (exact) mass is 328 g/mol. The zero-order valence-electron chi connectivity index (χ0n) is 12.0. The average Bonchev–Trinajstić information content (AvgIpc) is 2.33. The van der Waals surface area contributed by atoms with Crippen molar-refractivity contribution in [3.63, 3.8) is 0 Å². The summed E-state index contributed by atoms with van der Waals surface area (Å²) < 4.78 is 20.8. The summed E-state index contributed by atoms with van der Waals surface area (Å²) in [5, 5.41) is 0.538. The van der Waals surface area contributed by atoms with Gasteiger partial charge < -0.3 is 23.8 Å². The number of benzene rings is 1. The number of carbonyl (C=O) groups excluding carboxylic acids is 1. The van der Waals surface area contributed by atoms with Gasteiger partial charge in [-0.15, -0.1) is 0 Å². The van der Waals surface area contributed by atoms with Crippen molar-refractivity contribution >= 4 is 25.2 Å². The fourth-order valence-electron chi connectivity index (χ4n) is 1.48. The molecule has 0 amide bonds. The van der Waals surface area contributed by atoms with Crippen LogP contribution in [-0.4, -0.2) is 23.3 Å². The van der Waals surface area contributed by atoms with E-state index >= 15 is 0 Å². The van der Waals surface area contributed by atoms with Gasteiger partial charge in [0.25, 0.3) is 0 Å². The fraction of sp³-hybridized carbons (Fsp3) is 0.417. The van der Waals surface area contributed by atoms with Crippen LogP contribution in [0, 0.1) is 6.92 Å². The Hall–Kier alpha value is -0.473. The molecule has 112 valence electrons. The Balaban J connectivity index is 0.00000400. The molecule has 0 aliphatic rings. The van der Waals surface area contributed by atoms with Crippen molar-refractivity contribution in [1.82, 2.24) is 0 Å². The van der Waals surface area contributed by atoms with Gasteiger partial charge in [-0.3, -0.25) is 0 Å². The summed E-state index contributed by atoms with van der Waals surface area (Å²) in [6.45, 7) is 2.77. The Labute approximate surface area is 140 Å². The molecule has 6 nitrogen and oxygen atoms in total. The molecule has 0 saturated carbocycles. The Kier molecular flexibility index (Phi) is 8.65. The Morgan fingerprint density at radius 1 is 1.52 bits per heavy atom. The summed E-state index contributed by atoms with van der Waals surface area (Å²) in [5.41, 5.74) is 0.731. The minimum absolute atomic E-state index is 0. The molecule has 9 heteroatoms. The van der Waals surface area contributed by atoms with Crippen LogP contribution in [0.2, 0.25) is 5.02 Å². The molecule has 1 rings (SSSR count). The van der Waals surface area contributed by atoms with Gasteiger partial charge in [-0.05, 0) is 37.1 Å². The molecular formula is C12H15ClLiO6P. The number of hydrogen-bond acceptors (Lipinski definition) is 5. The van der Waals surface area contributed by atoms with E-state index in [2.05, 4.69) is 4.74 Å². The van der Waals surface area contributed by atoms with Crippen LogP contribution in [0.3, 0.4) is 0 Å². The van der Waals surface area contributed by atoms with Crippen LogP contribution in [0.4, 0.5) is 0 Å². The average molecular weight is 329 g/mol. The van der Waals surface area contributed by atoms with Gasteiger partial charge >= 0.3 is 24.8 Å². The second kappa shape index (κ2) is 8.85. The summed E-state index contributed by atoms with van der Waals surface area (Å²) in [7, 11) is -4.71. The molecule has 0 fully saturated rings. The first-order chi connectivity index (χ1) is 9.24. The van der Waals surface area contributed by atoms with E-state index in [4.69, 9.17) is 21.2 Å². The van der Waals surface area contributed by atoms with Crippen molar-refractivity contribution in [2.75, 3.05) is 6.61 Å². The first-order valence-corrected chi connectivity index (χ1v) is 7.88. The molecule has 1 N–H and O–H groups in total. The van der Waals surface area contributed by atoms with Crippen LogP contribution in [0.15, 0.2) is 18.2 Å². The normalized spacial score (nSPS) is 14.5. The number of ether oxygens (including phenoxy) is 2. The molecule has 21 heavy (non-hydrogen) atoms. The third kappa shape index (κ3) is 6.88. The van der Waals surface area contributed by atoms with E-state index in [0.29, 0.717) is 10.8 Å². The van der Waals surface area contributed by atoms with Crippen LogP contribution in [-0.2, 0) is 14.1 Å². The molecule has 1 aromatic rings. The van der Waals surface area contributed by atoms with Gasteiger partial charge in [0.15, 0.2) is 20.0 Å². The molecule has 0 bridgehead atoms. The van der Waals surface area contributed by atoms with Crippen LogP contribution >= 0.6 is 19.2 Å². The zero-order chi connectivity index (χ0) is 15.3. The Morgan fingerprint density at radius 2 is 2.14 bits per heavy atom. The SMILES string of the molecule is CCC(OC(=O)COc1ccc(Cl)cc1C)P(=O)([O-])O.[Li+]. The largest absolute Gasteiger partial charge is 1.00 e. The molecule has 0 radical (unpaired) electrons. The van der Waals surface area contributed by atoms with Gasteiger partial charge in [-0.2, -0.15) is 0 Å². The van der Waals surface area contributed by atoms with Gasteiger partial charge in [0, 0.05) is 5.02 Å². The predicted octanol–water partition coefficient (Wildman–Crippen LogP) is -1.14. The van der Waals surface area contributed by atoms with Gasteiger partial charge in [-0.1, -0.05) is 18.5 Å². The van der Waals surface area contributed by atoms with Crippen molar-refractivity contribution in [1.29, 1.82) is 0 Å². The van der Waals surface area contributed by atoms with Crippen molar-refractivity contribution in [2.45, 2.75) is 26.1 Å². The van der Waals surface area contributed by atoms with E-state index in [0.717, 1.165) is 5.56 Å². The summed E-state index contributed by atoms with van der Waals surface area (Å²) >= 11 is 5.78. The first-order valence-electron chi connectivity index (χ1n) is 5.86. The zero-order valence-corrected chi connectivity index (χ0v) is 13.7. The molecular weight excluding hydrogens is 313 g/mol. The second-order valence-electron chi connectivity index (χ2n) is 4.12. The van der Waals surface area contributed by atoms with Gasteiger partial charge in [-0.25, -0.2) is 4.79 Å². The number of esters is 1. The summed E-state index contributed by atoms with van der Waals surface area (Å²) in [6.07, 6.45) is -0.0387. The summed E-state index contributed by atoms with van der Waals surface area (Å²) in [6, 6.07) is 4.85. The van der Waals surface area contributed by atoms with Crippen molar-refractivity contribution in [2.24, 2.45) is 0 Å². The topological polar surface area (TPSA) is 95.9 Å². The van der Waals surface area contributed by atoms with Crippen LogP contribution < -0.4 is 28.5 Å². The molecule has 2 atom stereocenters. The van der Waals surface area contributed by atoms with Gasteiger partial charge in [0.2, 0.25) is 0 Å². The number of aryl methyl sites for hydroxylation is 1. The van der Waals surface area contributed by atoms with E-state index in [9.17, 15) is 14.3 Å². The molecule has 0 spiro atoms. The van der Waals surface area contributed by atoms with E-state index in [1.807, 2.05) is 0 Å². The molecule has 1 aromatic carbocycles. The quantitative estimate of drug-likeness (QED) is 0.403. The minimum Gasteiger partial charge on any atom is -0.776 e. The van der Waals surface area contributed by atoms with Crippen LogP contribution in [0.1, 0.15) is 18.9 Å². The van der Waals surface area contributed by atoms with Crippen LogP contribution in [0.25, 0.3) is 0 Å². The minimum atomic E-state index is -4.71. The number of halogens is 1. The maximum Gasteiger partial charge on any atom is 1.00 e. The van der Waals surface area contributed by atoms with E-state index in [1.54, 1.807) is 25.1 Å². The summed E-state index contributed by atoms with van der Waals surface area (Å²) in [4.78, 5) is 31.2. The summed E-state index contributed by atoms with van der Waals surface area (Å²) in [5.74, 6) is -1.99. The molecule has 0 aromatic heterocycles. The molecule has 0 heterocycles. The smallest absolute Gasteiger partial charge is 0.776 e. The van der Waals surface area contributed by atoms with E-state index < -0.39 is 26.0 Å². The standard InChI is InChI=1S/C12H16ClO6P.Li/c1-3-12(20(15,16)17)19-11(14)7-18-10-5-4-9(13)6-8(10)2;/h4-6,12H,3,7H2,1-2H3,(H2,15,16,17);/q;+1/p-1. The fourth-order valence-corrected chi connectivity index (χ4v) is 2.42. The Morgan fingerprint density at radius 3 is 2.62 bits per heavy atom. The molecule has 0 aliphatic heterocycles. The number of rotatable bonds is 6. The van der Waals surface area contributed by atoms with Crippen molar-refractivity contribution in [3.8, 4) is 5.75 Å². The van der Waals surface area contributed by atoms with Crippen LogP contribution in [0.5, 0.6) is 5.75 Å². The number of hydrogen-bond donors (Lipinski definition) is 1. The predicted molar refractivity (Wildman–Crippen MR) is 71.7 cm³/mol. The third-order valence-corrected chi connectivity index (χ3v) is 3.90. The van der Waals surface area contributed by atoms with Gasteiger partial charge in [0.1, 0.15) is 5.75 Å². The van der Waals surface area contributed by atoms with Gasteiger partial charge in [0.05, 0.1) is 0 Å². The second-order valence-corrected chi connectivity index (χ2v) is 6.26. The maximum atomic E-state index is 11.5. The third-order valence-electron chi connectivity index (χ3n) is 2.46. The van der Waals surface area contributed by atoms with E-state index in [-0.39, 0.29) is 25.3 Å². The molecule has 2 unspecified atom stereocenters.